The molecule has 2 N–H and O–H groups in total. The molecule has 14 heavy (non-hydrogen) atoms. The summed E-state index contributed by atoms with van der Waals surface area (Å²) < 4.78 is 4.98. The Balaban J connectivity index is 2.17. The van der Waals surface area contributed by atoms with E-state index in [1.54, 1.807) is 19.4 Å². The van der Waals surface area contributed by atoms with Crippen LogP contribution in [0.1, 0.15) is 0 Å². The van der Waals surface area contributed by atoms with Gasteiger partial charge in [0.1, 0.15) is 6.33 Å². The van der Waals surface area contributed by atoms with E-state index in [9.17, 15) is 0 Å². The summed E-state index contributed by atoms with van der Waals surface area (Å²) in [5.74, 6) is 1.13. The van der Waals surface area contributed by atoms with Gasteiger partial charge in [-0.2, -0.15) is 10.1 Å². The van der Waals surface area contributed by atoms with Crippen molar-refractivity contribution in [1.82, 2.24) is 20.2 Å². The molecule has 0 saturated heterocycles. The molecular formula is C8H9N5O. The predicted octanol–water partition coefficient (Wildman–Crippen LogP) is 0.952. The summed E-state index contributed by atoms with van der Waals surface area (Å²) in [7, 11) is 1.57. The number of aromatic nitrogens is 4. The largest absolute Gasteiger partial charge is 0.481 e. The zero-order chi connectivity index (χ0) is 9.80. The van der Waals surface area contributed by atoms with Crippen molar-refractivity contribution in [3.8, 4) is 5.88 Å². The summed E-state index contributed by atoms with van der Waals surface area (Å²) in [4.78, 5) is 7.91. The van der Waals surface area contributed by atoms with Gasteiger partial charge in [0.15, 0.2) is 0 Å². The standard InChI is InChI=1S/C8H9N5O/c1-14-7-4-6(2-3-9-7)12-8-10-5-11-13-8/h2-5H,1H3,(H2,9,10,11,12,13). The number of pyridine rings is 1. The van der Waals surface area contributed by atoms with Gasteiger partial charge in [0, 0.05) is 18.0 Å². The second-order valence-electron chi connectivity index (χ2n) is 2.55. The van der Waals surface area contributed by atoms with Crippen LogP contribution in [0.4, 0.5) is 11.6 Å². The van der Waals surface area contributed by atoms with Gasteiger partial charge in [-0.25, -0.2) is 10.1 Å². The van der Waals surface area contributed by atoms with Crippen LogP contribution in [-0.2, 0) is 0 Å². The normalized spacial score (nSPS) is 9.79. The molecule has 2 rings (SSSR count). The van der Waals surface area contributed by atoms with Crippen molar-refractivity contribution in [2.75, 3.05) is 12.4 Å². The third-order valence-electron chi connectivity index (χ3n) is 1.62. The summed E-state index contributed by atoms with van der Waals surface area (Å²) in [5.41, 5.74) is 0.841. The minimum atomic E-state index is 0.550. The van der Waals surface area contributed by atoms with Crippen LogP contribution >= 0.6 is 0 Å². The van der Waals surface area contributed by atoms with Crippen molar-refractivity contribution in [1.29, 1.82) is 0 Å². The SMILES string of the molecule is COc1cc(Nc2ncn[nH]2)ccn1. The first-order chi connectivity index (χ1) is 6.88. The van der Waals surface area contributed by atoms with Crippen LogP contribution in [-0.4, -0.2) is 27.3 Å². The van der Waals surface area contributed by atoms with Crippen LogP contribution < -0.4 is 10.1 Å². The number of H-pyrrole nitrogens is 1. The lowest BCUT2D eigenvalue weighted by molar-refractivity contribution is 0.398. The van der Waals surface area contributed by atoms with Gasteiger partial charge >= 0.3 is 0 Å². The molecule has 0 aliphatic heterocycles. The zero-order valence-electron chi connectivity index (χ0n) is 7.56. The summed E-state index contributed by atoms with van der Waals surface area (Å²) in [5, 5.41) is 9.41. The van der Waals surface area contributed by atoms with Crippen molar-refractivity contribution in [3.63, 3.8) is 0 Å². The average molecular weight is 191 g/mol. The lowest BCUT2D eigenvalue weighted by Crippen LogP contribution is -1.94. The van der Waals surface area contributed by atoms with Gasteiger partial charge in [0.2, 0.25) is 11.8 Å². The molecule has 0 aliphatic rings. The quantitative estimate of drug-likeness (QED) is 0.755. The van der Waals surface area contributed by atoms with Gasteiger partial charge in [0.25, 0.3) is 0 Å². The third-order valence-corrected chi connectivity index (χ3v) is 1.62. The number of rotatable bonds is 3. The molecule has 72 valence electrons. The molecule has 0 amide bonds. The van der Waals surface area contributed by atoms with E-state index in [0.29, 0.717) is 11.8 Å². The Labute approximate surface area is 80.4 Å². The number of anilines is 2. The van der Waals surface area contributed by atoms with Gasteiger partial charge < -0.3 is 10.1 Å². The molecule has 0 bridgehead atoms. The van der Waals surface area contributed by atoms with Crippen molar-refractivity contribution in [3.05, 3.63) is 24.7 Å². The molecule has 0 aromatic carbocycles. The fourth-order valence-corrected chi connectivity index (χ4v) is 1.00. The minimum Gasteiger partial charge on any atom is -0.481 e. The van der Waals surface area contributed by atoms with Gasteiger partial charge in [-0.15, -0.1) is 0 Å². The van der Waals surface area contributed by atoms with Crippen molar-refractivity contribution >= 4 is 11.6 Å². The van der Waals surface area contributed by atoms with Crippen LogP contribution in [0.2, 0.25) is 0 Å². The van der Waals surface area contributed by atoms with Crippen LogP contribution in [0.3, 0.4) is 0 Å². The molecule has 0 fully saturated rings. The maximum absolute atomic E-state index is 4.98. The number of hydrogen-bond acceptors (Lipinski definition) is 5. The maximum atomic E-state index is 4.98. The minimum absolute atomic E-state index is 0.550. The van der Waals surface area contributed by atoms with Crippen LogP contribution in [0.25, 0.3) is 0 Å². The van der Waals surface area contributed by atoms with Gasteiger partial charge in [-0.1, -0.05) is 0 Å². The van der Waals surface area contributed by atoms with Crippen LogP contribution in [0, 0.1) is 0 Å². The Morgan fingerprint density at radius 3 is 3.07 bits per heavy atom. The smallest absolute Gasteiger partial charge is 0.222 e. The topological polar surface area (TPSA) is 75.7 Å². The number of nitrogens with one attached hydrogen (secondary N) is 2. The van der Waals surface area contributed by atoms with Gasteiger partial charge in [-0.3, -0.25) is 0 Å². The van der Waals surface area contributed by atoms with E-state index < -0.39 is 0 Å². The molecule has 0 saturated carbocycles. The van der Waals surface area contributed by atoms with Gasteiger partial charge in [0.05, 0.1) is 7.11 Å². The summed E-state index contributed by atoms with van der Waals surface area (Å²) in [6, 6.07) is 3.58. The maximum Gasteiger partial charge on any atom is 0.222 e. The monoisotopic (exact) mass is 191 g/mol. The number of ether oxygens (including phenoxy) is 1. The van der Waals surface area contributed by atoms with Gasteiger partial charge in [-0.05, 0) is 6.07 Å². The molecule has 6 nitrogen and oxygen atoms in total. The Morgan fingerprint density at radius 1 is 1.43 bits per heavy atom. The van der Waals surface area contributed by atoms with Crippen molar-refractivity contribution in [2.45, 2.75) is 0 Å². The summed E-state index contributed by atoms with van der Waals surface area (Å²) in [6.07, 6.45) is 3.08. The fraction of sp³-hybridized carbons (Fsp3) is 0.125. The zero-order valence-corrected chi connectivity index (χ0v) is 7.56. The number of methoxy groups -OCH3 is 1. The summed E-state index contributed by atoms with van der Waals surface area (Å²) in [6.45, 7) is 0. The Hall–Kier alpha value is -2.11. The number of nitrogens with zero attached hydrogens (tertiary/aromatic N) is 3. The first-order valence-electron chi connectivity index (χ1n) is 4.01. The molecule has 0 atom stereocenters. The van der Waals surface area contributed by atoms with E-state index in [0.717, 1.165) is 5.69 Å². The summed E-state index contributed by atoms with van der Waals surface area (Å²) >= 11 is 0. The lowest BCUT2D eigenvalue weighted by Gasteiger charge is -2.03. The van der Waals surface area contributed by atoms with E-state index in [1.807, 2.05) is 6.07 Å². The molecular weight excluding hydrogens is 182 g/mol. The van der Waals surface area contributed by atoms with Crippen LogP contribution in [0.5, 0.6) is 5.88 Å². The fourth-order valence-electron chi connectivity index (χ4n) is 1.00. The highest BCUT2D eigenvalue weighted by Crippen LogP contribution is 2.15. The highest BCUT2D eigenvalue weighted by Gasteiger charge is 1.98. The van der Waals surface area contributed by atoms with E-state index >= 15 is 0 Å². The molecule has 2 aromatic rings. The average Bonchev–Trinajstić information content (AvgIpc) is 2.71. The first-order valence-corrected chi connectivity index (χ1v) is 4.01. The molecule has 0 spiro atoms. The highest BCUT2D eigenvalue weighted by atomic mass is 16.5. The second kappa shape index (κ2) is 3.73. The molecule has 0 radical (unpaired) electrons. The first kappa shape index (κ1) is 8.49. The predicted molar refractivity (Wildman–Crippen MR) is 50.5 cm³/mol. The van der Waals surface area contributed by atoms with Crippen molar-refractivity contribution < 1.29 is 4.74 Å². The van der Waals surface area contributed by atoms with E-state index in [1.165, 1.54) is 6.33 Å². The molecule has 0 aliphatic carbocycles. The van der Waals surface area contributed by atoms with Crippen LogP contribution in [0.15, 0.2) is 24.7 Å². The Bertz CT molecular complexity index is 400. The molecule has 6 heteroatoms. The third kappa shape index (κ3) is 1.79. The molecule has 0 unspecified atom stereocenters. The van der Waals surface area contributed by atoms with E-state index in [-0.39, 0.29) is 0 Å². The van der Waals surface area contributed by atoms with E-state index in [2.05, 4.69) is 25.5 Å². The Kier molecular flexibility index (Phi) is 2.26. The van der Waals surface area contributed by atoms with Crippen molar-refractivity contribution in [2.24, 2.45) is 0 Å². The number of hydrogen-bond donors (Lipinski definition) is 2. The number of aromatic amines is 1. The molecule has 2 heterocycles. The van der Waals surface area contributed by atoms with E-state index in [4.69, 9.17) is 4.74 Å². The molecule has 2 aromatic heterocycles. The lowest BCUT2D eigenvalue weighted by atomic mass is 10.4. The second-order valence-corrected chi connectivity index (χ2v) is 2.55. The highest BCUT2D eigenvalue weighted by molar-refractivity contribution is 5.53. The Morgan fingerprint density at radius 2 is 2.36 bits per heavy atom.